The first-order chi connectivity index (χ1) is 9.49. The van der Waals surface area contributed by atoms with Crippen LogP contribution in [0.3, 0.4) is 0 Å². The van der Waals surface area contributed by atoms with Crippen molar-refractivity contribution in [2.45, 2.75) is 31.2 Å². The highest BCUT2D eigenvalue weighted by molar-refractivity contribution is 7.89. The van der Waals surface area contributed by atoms with Crippen molar-refractivity contribution in [2.75, 3.05) is 20.6 Å². The quantitative estimate of drug-likeness (QED) is 0.827. The zero-order chi connectivity index (χ0) is 16.4. The highest BCUT2D eigenvalue weighted by atomic mass is 32.2. The molecule has 0 fully saturated rings. The van der Waals surface area contributed by atoms with Crippen LogP contribution in [0.1, 0.15) is 29.8 Å². The zero-order valence-electron chi connectivity index (χ0n) is 13.0. The SMILES string of the molecule is Cc1c(C(=O)O)cccc1S(=O)(=O)NCC(C)(C)N(C)C. The van der Waals surface area contributed by atoms with Crippen LogP contribution in [0.15, 0.2) is 23.1 Å². The fourth-order valence-corrected chi connectivity index (χ4v) is 3.11. The monoisotopic (exact) mass is 314 g/mol. The Labute approximate surface area is 125 Å². The van der Waals surface area contributed by atoms with Crippen molar-refractivity contribution >= 4 is 16.0 Å². The van der Waals surface area contributed by atoms with E-state index in [1.165, 1.54) is 25.1 Å². The first-order valence-corrected chi connectivity index (χ1v) is 7.97. The van der Waals surface area contributed by atoms with Gasteiger partial charge in [-0.15, -0.1) is 0 Å². The summed E-state index contributed by atoms with van der Waals surface area (Å²) >= 11 is 0. The smallest absolute Gasteiger partial charge is 0.335 e. The summed E-state index contributed by atoms with van der Waals surface area (Å²) in [7, 11) is -0.0223. The first-order valence-electron chi connectivity index (χ1n) is 6.49. The van der Waals surface area contributed by atoms with Crippen molar-refractivity contribution in [3.05, 3.63) is 29.3 Å². The van der Waals surface area contributed by atoms with Gasteiger partial charge in [-0.3, -0.25) is 0 Å². The van der Waals surface area contributed by atoms with Gasteiger partial charge >= 0.3 is 5.97 Å². The molecule has 0 unspecified atom stereocenters. The Morgan fingerprint density at radius 2 is 1.90 bits per heavy atom. The topological polar surface area (TPSA) is 86.7 Å². The predicted octanol–water partition coefficient (Wildman–Crippen LogP) is 1.31. The van der Waals surface area contributed by atoms with Gasteiger partial charge in [-0.25, -0.2) is 17.9 Å². The molecule has 0 atom stereocenters. The van der Waals surface area contributed by atoms with Crippen LogP contribution in [0.2, 0.25) is 0 Å². The average molecular weight is 314 g/mol. The molecule has 0 aliphatic rings. The number of carbonyl (C=O) groups is 1. The minimum atomic E-state index is -3.75. The van der Waals surface area contributed by atoms with Crippen LogP contribution in [0.25, 0.3) is 0 Å². The van der Waals surface area contributed by atoms with E-state index in [9.17, 15) is 13.2 Å². The Balaban J connectivity index is 3.10. The van der Waals surface area contributed by atoms with Gasteiger partial charge < -0.3 is 10.0 Å². The van der Waals surface area contributed by atoms with Crippen molar-refractivity contribution in [2.24, 2.45) is 0 Å². The van der Waals surface area contributed by atoms with Crippen LogP contribution in [0.4, 0.5) is 0 Å². The molecule has 118 valence electrons. The number of hydrogen-bond donors (Lipinski definition) is 2. The molecule has 0 bridgehead atoms. The van der Waals surface area contributed by atoms with Gasteiger partial charge in [0.15, 0.2) is 0 Å². The third-order valence-corrected chi connectivity index (χ3v) is 5.26. The minimum Gasteiger partial charge on any atom is -0.478 e. The number of benzene rings is 1. The summed E-state index contributed by atoms with van der Waals surface area (Å²) in [6.07, 6.45) is 0. The van der Waals surface area contributed by atoms with E-state index in [1.54, 1.807) is 0 Å². The number of likely N-dealkylation sites (N-methyl/N-ethyl adjacent to an activating group) is 1. The average Bonchev–Trinajstić information content (AvgIpc) is 2.36. The number of carboxylic acid groups (broad SMARTS) is 1. The first kappa shape index (κ1) is 17.6. The van der Waals surface area contributed by atoms with Crippen LogP contribution < -0.4 is 4.72 Å². The molecular weight excluding hydrogens is 292 g/mol. The second-order valence-electron chi connectivity index (χ2n) is 5.77. The van der Waals surface area contributed by atoms with Gasteiger partial charge in [0, 0.05) is 12.1 Å². The Bertz CT molecular complexity index is 636. The van der Waals surface area contributed by atoms with E-state index in [1.807, 2.05) is 32.8 Å². The van der Waals surface area contributed by atoms with Crippen LogP contribution in [0.5, 0.6) is 0 Å². The standard InChI is InChI=1S/C14H22N2O4S/c1-10-11(13(17)18)7-6-8-12(10)21(19,20)15-9-14(2,3)16(4)5/h6-8,15H,9H2,1-5H3,(H,17,18). The van der Waals surface area contributed by atoms with Crippen molar-refractivity contribution in [3.8, 4) is 0 Å². The number of sulfonamides is 1. The van der Waals surface area contributed by atoms with Crippen molar-refractivity contribution in [3.63, 3.8) is 0 Å². The normalized spacial score (nSPS) is 12.7. The van der Waals surface area contributed by atoms with Gasteiger partial charge in [-0.05, 0) is 52.6 Å². The summed E-state index contributed by atoms with van der Waals surface area (Å²) in [4.78, 5) is 13.0. The van der Waals surface area contributed by atoms with Crippen LogP contribution in [-0.2, 0) is 10.0 Å². The Hall–Kier alpha value is -1.44. The molecule has 0 amide bonds. The van der Waals surface area contributed by atoms with Crippen LogP contribution >= 0.6 is 0 Å². The fourth-order valence-electron chi connectivity index (χ4n) is 1.64. The number of nitrogens with one attached hydrogen (secondary N) is 1. The van der Waals surface area contributed by atoms with Crippen molar-refractivity contribution in [1.82, 2.24) is 9.62 Å². The molecule has 0 aliphatic heterocycles. The lowest BCUT2D eigenvalue weighted by molar-refractivity contribution is 0.0696. The molecule has 1 aromatic carbocycles. The van der Waals surface area contributed by atoms with E-state index in [4.69, 9.17) is 5.11 Å². The molecule has 6 nitrogen and oxygen atoms in total. The highest BCUT2D eigenvalue weighted by Gasteiger charge is 2.26. The van der Waals surface area contributed by atoms with Crippen molar-refractivity contribution < 1.29 is 18.3 Å². The predicted molar refractivity (Wildman–Crippen MR) is 81.1 cm³/mol. The molecule has 0 heterocycles. The maximum Gasteiger partial charge on any atom is 0.335 e. The number of carboxylic acids is 1. The Kier molecular flexibility index (Phi) is 5.14. The van der Waals surface area contributed by atoms with E-state index in [0.717, 1.165) is 0 Å². The van der Waals surface area contributed by atoms with Gasteiger partial charge in [0.05, 0.1) is 10.5 Å². The molecular formula is C14H22N2O4S. The van der Waals surface area contributed by atoms with Crippen molar-refractivity contribution in [1.29, 1.82) is 0 Å². The van der Waals surface area contributed by atoms with E-state index in [-0.39, 0.29) is 28.1 Å². The maximum atomic E-state index is 12.4. The van der Waals surface area contributed by atoms with Gasteiger partial charge in [-0.1, -0.05) is 6.07 Å². The second kappa shape index (κ2) is 6.13. The summed E-state index contributed by atoms with van der Waals surface area (Å²) in [5, 5.41) is 9.07. The zero-order valence-corrected chi connectivity index (χ0v) is 13.8. The molecule has 0 aliphatic carbocycles. The fraction of sp³-hybridized carbons (Fsp3) is 0.500. The lowest BCUT2D eigenvalue weighted by Gasteiger charge is -2.32. The maximum absolute atomic E-state index is 12.4. The molecule has 0 aromatic heterocycles. The van der Waals surface area contributed by atoms with E-state index in [0.29, 0.717) is 0 Å². The summed E-state index contributed by atoms with van der Waals surface area (Å²) in [5.74, 6) is -1.14. The number of aromatic carboxylic acids is 1. The Morgan fingerprint density at radius 3 is 2.38 bits per heavy atom. The largest absolute Gasteiger partial charge is 0.478 e. The van der Waals surface area contributed by atoms with Gasteiger partial charge in [0.2, 0.25) is 10.0 Å². The summed E-state index contributed by atoms with van der Waals surface area (Å²) < 4.78 is 27.3. The van der Waals surface area contributed by atoms with E-state index < -0.39 is 16.0 Å². The summed E-state index contributed by atoms with van der Waals surface area (Å²) in [5.41, 5.74) is -0.129. The number of rotatable bonds is 6. The summed E-state index contributed by atoms with van der Waals surface area (Å²) in [6, 6.07) is 4.23. The van der Waals surface area contributed by atoms with E-state index >= 15 is 0 Å². The van der Waals surface area contributed by atoms with Crippen LogP contribution in [0, 0.1) is 6.92 Å². The second-order valence-corrected chi connectivity index (χ2v) is 7.50. The highest BCUT2D eigenvalue weighted by Crippen LogP contribution is 2.19. The number of hydrogen-bond acceptors (Lipinski definition) is 4. The molecule has 1 rings (SSSR count). The molecule has 7 heteroatoms. The minimum absolute atomic E-state index is 0.00282. The molecule has 0 saturated heterocycles. The molecule has 0 spiro atoms. The van der Waals surface area contributed by atoms with Gasteiger partial charge in [-0.2, -0.15) is 0 Å². The molecule has 0 saturated carbocycles. The summed E-state index contributed by atoms with van der Waals surface area (Å²) in [6.45, 7) is 5.54. The van der Waals surface area contributed by atoms with E-state index in [2.05, 4.69) is 4.72 Å². The lowest BCUT2D eigenvalue weighted by atomic mass is 10.1. The van der Waals surface area contributed by atoms with Gasteiger partial charge in [0.1, 0.15) is 0 Å². The van der Waals surface area contributed by atoms with Crippen LogP contribution in [-0.4, -0.2) is 50.6 Å². The molecule has 1 aromatic rings. The lowest BCUT2D eigenvalue weighted by Crippen LogP contribution is -2.48. The Morgan fingerprint density at radius 1 is 1.33 bits per heavy atom. The molecule has 2 N–H and O–H groups in total. The van der Waals surface area contributed by atoms with Gasteiger partial charge in [0.25, 0.3) is 0 Å². The number of nitrogens with zero attached hydrogens (tertiary/aromatic N) is 1. The molecule has 21 heavy (non-hydrogen) atoms. The third kappa shape index (κ3) is 4.03. The third-order valence-electron chi connectivity index (χ3n) is 3.71. The molecule has 0 radical (unpaired) electrons.